The van der Waals surface area contributed by atoms with Crippen LogP contribution in [0.1, 0.15) is 42.4 Å². The Balaban J connectivity index is 0.00000323. The molecule has 4 aromatic rings. The predicted octanol–water partition coefficient (Wildman–Crippen LogP) is 1.10. The molecule has 0 atom stereocenters. The average Bonchev–Trinajstić information content (AvgIpc) is 2.98. The van der Waals surface area contributed by atoms with Crippen LogP contribution in [0, 0.1) is 13.8 Å². The van der Waals surface area contributed by atoms with Gasteiger partial charge in [-0.25, -0.2) is 9.13 Å². The Morgan fingerprint density at radius 1 is 0.651 bits per heavy atom. The number of unbranched alkanes of at least 4 members (excludes halogenated alkanes) is 3. The highest BCUT2D eigenvalue weighted by atomic mass is 79.9. The van der Waals surface area contributed by atoms with Crippen LogP contribution in [0.2, 0.25) is 0 Å². The highest BCUT2D eigenvalue weighted by Gasteiger charge is 2.07. The number of aryl methyl sites for hydroxylation is 4. The number of benzene rings is 2. The van der Waals surface area contributed by atoms with Crippen molar-refractivity contribution >= 4 is 29.0 Å². The van der Waals surface area contributed by atoms with Crippen molar-refractivity contribution in [2.24, 2.45) is 15.3 Å². The molecule has 0 aliphatic rings. The van der Waals surface area contributed by atoms with Gasteiger partial charge in [-0.3, -0.25) is 5.01 Å². The third-order valence-electron chi connectivity index (χ3n) is 7.14. The highest BCUT2D eigenvalue weighted by Crippen LogP contribution is 2.30. The van der Waals surface area contributed by atoms with E-state index in [4.69, 9.17) is 0 Å². The van der Waals surface area contributed by atoms with Crippen molar-refractivity contribution in [1.82, 2.24) is 0 Å². The monoisotopic (exact) mass is 707 g/mol. The first-order valence-corrected chi connectivity index (χ1v) is 14.4. The van der Waals surface area contributed by atoms with Crippen LogP contribution in [-0.4, -0.2) is 27.4 Å². The van der Waals surface area contributed by atoms with Gasteiger partial charge in [0.2, 0.25) is 0 Å². The van der Waals surface area contributed by atoms with Crippen molar-refractivity contribution in [2.75, 3.05) is 31.1 Å². The average molecular weight is 710 g/mol. The summed E-state index contributed by atoms with van der Waals surface area (Å²) in [6.45, 7) is 6.22. The maximum atomic E-state index is 4.55. The number of hydrogen-bond acceptors (Lipinski definition) is 5. The van der Waals surface area contributed by atoms with Gasteiger partial charge in [0.1, 0.15) is 13.1 Å². The zero-order valence-corrected chi connectivity index (χ0v) is 29.0. The maximum absolute atomic E-state index is 4.55. The lowest BCUT2D eigenvalue weighted by atomic mass is 10.1. The zero-order valence-electron chi connectivity index (χ0n) is 25.9. The molecule has 0 spiro atoms. The van der Waals surface area contributed by atoms with E-state index in [9.17, 15) is 0 Å². The molecular formula is C34H43Br2N7. The van der Waals surface area contributed by atoms with E-state index in [-0.39, 0.29) is 34.0 Å². The third-order valence-corrected chi connectivity index (χ3v) is 7.14. The molecule has 0 bridgehead atoms. The van der Waals surface area contributed by atoms with Crippen LogP contribution in [0.5, 0.6) is 0 Å². The molecular weight excluding hydrogens is 666 g/mol. The fourth-order valence-corrected chi connectivity index (χ4v) is 4.63. The van der Waals surface area contributed by atoms with Crippen molar-refractivity contribution < 1.29 is 43.1 Å². The second-order valence-corrected chi connectivity index (χ2v) is 10.7. The molecule has 0 fully saturated rings. The molecule has 0 radical (unpaired) electrons. The van der Waals surface area contributed by atoms with Crippen LogP contribution in [-0.2, 0) is 13.1 Å². The predicted molar refractivity (Wildman–Crippen MR) is 169 cm³/mol. The van der Waals surface area contributed by atoms with E-state index in [1.54, 1.807) is 0 Å². The number of anilines is 2. The molecule has 0 saturated carbocycles. The van der Waals surface area contributed by atoms with Gasteiger partial charge in [0.15, 0.2) is 24.8 Å². The van der Waals surface area contributed by atoms with E-state index in [1.807, 2.05) is 60.7 Å². The lowest BCUT2D eigenvalue weighted by Gasteiger charge is -2.15. The smallest absolute Gasteiger partial charge is 0.171 e. The normalized spacial score (nSPS) is 10.9. The number of hydrazone groups is 1. The minimum atomic E-state index is 0. The fraction of sp³-hybridized carbons (Fsp3) is 0.324. The molecule has 4 rings (SSSR count). The van der Waals surface area contributed by atoms with Crippen molar-refractivity contribution in [3.63, 3.8) is 0 Å². The first-order chi connectivity index (χ1) is 19.9. The summed E-state index contributed by atoms with van der Waals surface area (Å²) in [4.78, 5) is 2.11. The molecule has 43 heavy (non-hydrogen) atoms. The molecule has 0 saturated heterocycles. The van der Waals surface area contributed by atoms with Crippen LogP contribution >= 0.6 is 0 Å². The number of aromatic nitrogens is 2. The SMILES string of the molecule is Cc1cc(N(C)C)cc(C)c1N=Nc1cc[n+](CCCCCC[n+]2ccc(/C=N\N(C)c3ccccc3)cc2)cc1.[Br-].[Br-]. The Labute approximate surface area is 278 Å². The highest BCUT2D eigenvalue weighted by molar-refractivity contribution is 5.79. The van der Waals surface area contributed by atoms with Crippen molar-refractivity contribution in [3.8, 4) is 0 Å². The Hall–Kier alpha value is -3.43. The summed E-state index contributed by atoms with van der Waals surface area (Å²) in [5.74, 6) is 0. The molecule has 0 unspecified atom stereocenters. The molecule has 228 valence electrons. The van der Waals surface area contributed by atoms with E-state index in [1.165, 1.54) is 24.9 Å². The van der Waals surface area contributed by atoms with E-state index in [0.717, 1.165) is 53.3 Å². The van der Waals surface area contributed by atoms with Gasteiger partial charge in [0, 0.05) is 69.5 Å². The number of rotatable bonds is 13. The molecule has 0 N–H and O–H groups in total. The van der Waals surface area contributed by atoms with Crippen LogP contribution in [0.25, 0.3) is 0 Å². The van der Waals surface area contributed by atoms with Gasteiger partial charge < -0.3 is 38.9 Å². The minimum absolute atomic E-state index is 0. The molecule has 7 nitrogen and oxygen atoms in total. The summed E-state index contributed by atoms with van der Waals surface area (Å²) >= 11 is 0. The lowest BCUT2D eigenvalue weighted by Crippen LogP contribution is -3.00. The number of azo groups is 1. The van der Waals surface area contributed by atoms with Crippen molar-refractivity contribution in [1.29, 1.82) is 0 Å². The quantitative estimate of drug-likeness (QED) is 0.0688. The van der Waals surface area contributed by atoms with Crippen molar-refractivity contribution in [3.05, 3.63) is 108 Å². The van der Waals surface area contributed by atoms with Crippen LogP contribution in [0.15, 0.2) is 107 Å². The van der Waals surface area contributed by atoms with Gasteiger partial charge in [-0.15, -0.1) is 0 Å². The first kappa shape index (κ1) is 35.8. The maximum Gasteiger partial charge on any atom is 0.171 e. The second-order valence-electron chi connectivity index (χ2n) is 10.7. The van der Waals surface area contributed by atoms with Gasteiger partial charge in [-0.1, -0.05) is 18.2 Å². The zero-order chi connectivity index (χ0) is 29.0. The lowest BCUT2D eigenvalue weighted by molar-refractivity contribution is -0.698. The summed E-state index contributed by atoms with van der Waals surface area (Å²) in [6, 6.07) is 22.8. The van der Waals surface area contributed by atoms with E-state index in [2.05, 4.69) is 106 Å². The first-order valence-electron chi connectivity index (χ1n) is 14.4. The summed E-state index contributed by atoms with van der Waals surface area (Å²) in [5, 5.41) is 15.5. The Kier molecular flexibility index (Phi) is 15.2. The molecule has 9 heteroatoms. The molecule has 2 aromatic carbocycles. The van der Waals surface area contributed by atoms with E-state index < -0.39 is 0 Å². The van der Waals surface area contributed by atoms with Crippen molar-refractivity contribution in [2.45, 2.75) is 52.6 Å². The fourth-order valence-electron chi connectivity index (χ4n) is 4.63. The summed E-state index contributed by atoms with van der Waals surface area (Å²) in [7, 11) is 6.07. The number of hydrogen-bond donors (Lipinski definition) is 0. The van der Waals surface area contributed by atoms with Gasteiger partial charge in [0.25, 0.3) is 0 Å². The van der Waals surface area contributed by atoms with Gasteiger partial charge in [-0.05, 0) is 62.1 Å². The Bertz CT molecular complexity index is 1420. The molecule has 0 aliphatic carbocycles. The number of pyridine rings is 2. The van der Waals surface area contributed by atoms with E-state index >= 15 is 0 Å². The molecule has 2 aromatic heterocycles. The molecule has 0 aliphatic heterocycles. The number of para-hydroxylation sites is 1. The van der Waals surface area contributed by atoms with Crippen LogP contribution < -0.4 is 53.0 Å². The van der Waals surface area contributed by atoms with Gasteiger partial charge in [-0.2, -0.15) is 15.3 Å². The van der Waals surface area contributed by atoms with E-state index in [0.29, 0.717) is 0 Å². The topological polar surface area (TPSA) is 51.3 Å². The summed E-state index contributed by atoms with van der Waals surface area (Å²) in [6.07, 6.45) is 15.1. The largest absolute Gasteiger partial charge is 1.00 e. The van der Waals surface area contributed by atoms with Gasteiger partial charge in [0.05, 0.1) is 23.3 Å². The van der Waals surface area contributed by atoms with Gasteiger partial charge >= 0.3 is 0 Å². The number of nitrogens with zero attached hydrogens (tertiary/aromatic N) is 7. The molecule has 0 amide bonds. The standard InChI is InChI=1S/C34H43N7.2BrH/c1-28-25-33(38(3)4)26-29(2)34(28)37-36-31-17-23-41(24-18-31)20-12-7-6-11-19-40-21-15-30(16-22-40)27-35-39(5)32-13-9-8-10-14-32;;/h8-10,13-18,21-27H,6-7,11-12,19-20H2,1-5H3;2*1H/q+2;;/p-2. The Morgan fingerprint density at radius 3 is 1.72 bits per heavy atom. The Morgan fingerprint density at radius 2 is 1.19 bits per heavy atom. The minimum Gasteiger partial charge on any atom is -1.00 e. The third kappa shape index (κ3) is 11.3. The number of halogens is 2. The summed E-state index contributed by atoms with van der Waals surface area (Å²) < 4.78 is 4.48. The molecule has 2 heterocycles. The summed E-state index contributed by atoms with van der Waals surface area (Å²) in [5.41, 5.74) is 7.43. The van der Waals surface area contributed by atoms with Crippen LogP contribution in [0.4, 0.5) is 22.7 Å². The second kappa shape index (κ2) is 18.3. The van der Waals surface area contributed by atoms with Crippen LogP contribution in [0.3, 0.4) is 0 Å².